The van der Waals surface area contributed by atoms with Gasteiger partial charge in [-0.15, -0.1) is 0 Å². The molecule has 1 atom stereocenters. The van der Waals surface area contributed by atoms with Gasteiger partial charge in [0.15, 0.2) is 0 Å². The number of hydrogen-bond acceptors (Lipinski definition) is 4. The topological polar surface area (TPSA) is 59.1 Å². The Morgan fingerprint density at radius 3 is 2.55 bits per heavy atom. The molecule has 1 aromatic rings. The molecule has 160 valence electrons. The Hall–Kier alpha value is -1.86. The van der Waals surface area contributed by atoms with Gasteiger partial charge in [-0.3, -0.25) is 9.69 Å². The van der Waals surface area contributed by atoms with E-state index in [1.165, 1.54) is 0 Å². The van der Waals surface area contributed by atoms with E-state index in [1.807, 2.05) is 45.0 Å². The first kappa shape index (κ1) is 21.8. The van der Waals surface area contributed by atoms with Gasteiger partial charge in [-0.25, -0.2) is 4.79 Å². The summed E-state index contributed by atoms with van der Waals surface area (Å²) >= 11 is 0. The third kappa shape index (κ3) is 4.66. The summed E-state index contributed by atoms with van der Waals surface area (Å²) in [5.74, 6) is 0.0257. The Bertz CT molecular complexity index is 784. The van der Waals surface area contributed by atoms with Crippen molar-refractivity contribution in [3.05, 3.63) is 29.8 Å². The van der Waals surface area contributed by atoms with Crippen LogP contribution < -0.4 is 4.90 Å². The van der Waals surface area contributed by atoms with Crippen LogP contribution in [0.3, 0.4) is 0 Å². The van der Waals surface area contributed by atoms with Gasteiger partial charge in [0.2, 0.25) is 5.91 Å². The molecular weight excluding hydrogens is 384 g/mol. The number of rotatable bonds is 5. The zero-order valence-electron chi connectivity index (χ0n) is 18.6. The Labute approximate surface area is 175 Å². The van der Waals surface area contributed by atoms with Gasteiger partial charge in [0.1, 0.15) is 12.3 Å². The summed E-state index contributed by atoms with van der Waals surface area (Å²) in [6, 6.07) is 8.95. The van der Waals surface area contributed by atoms with Crippen LogP contribution in [0, 0.1) is 0 Å². The van der Waals surface area contributed by atoms with E-state index in [0.717, 1.165) is 17.3 Å². The van der Waals surface area contributed by atoms with Crippen molar-refractivity contribution >= 4 is 25.8 Å². The lowest BCUT2D eigenvalue weighted by molar-refractivity contribution is -0.123. The van der Waals surface area contributed by atoms with Crippen molar-refractivity contribution < 1.29 is 19.1 Å². The fraction of sp³-hybridized carbons (Fsp3) is 0.636. The van der Waals surface area contributed by atoms with E-state index in [4.69, 9.17) is 9.47 Å². The van der Waals surface area contributed by atoms with E-state index >= 15 is 0 Å². The molecule has 7 heteroatoms. The second kappa shape index (κ2) is 7.76. The molecule has 6 nitrogen and oxygen atoms in total. The smallest absolute Gasteiger partial charge is 0.410 e. The van der Waals surface area contributed by atoms with E-state index in [-0.39, 0.29) is 18.7 Å². The summed E-state index contributed by atoms with van der Waals surface area (Å²) in [5, 5.41) is 0. The van der Waals surface area contributed by atoms with Gasteiger partial charge in [-0.1, -0.05) is 37.8 Å². The second-order valence-corrected chi connectivity index (χ2v) is 16.0. The maximum atomic E-state index is 13.5. The number of carbonyl (C=O) groups excluding carboxylic acids is 2. The van der Waals surface area contributed by atoms with Crippen molar-refractivity contribution in [2.75, 3.05) is 31.3 Å². The largest absolute Gasteiger partial charge is 0.444 e. The van der Waals surface area contributed by atoms with Crippen LogP contribution in [-0.2, 0) is 19.7 Å². The standard InChI is InChI=1S/C22H34N2O4Si/c1-21(2,3)28-20(26)23-12-11-22(15-23)17-9-7-8-10-18(17)24(19(22)25)16-27-13-14-29(4,5)6/h7-10H,11-16H2,1-6H3. The van der Waals surface area contributed by atoms with Crippen LogP contribution in [0.5, 0.6) is 0 Å². The summed E-state index contributed by atoms with van der Waals surface area (Å²) < 4.78 is 11.4. The molecular formula is C22H34N2O4Si. The SMILES string of the molecule is CC(C)(C)OC(=O)N1CCC2(C1)C(=O)N(COCC[Si](C)(C)C)c1ccccc12. The lowest BCUT2D eigenvalue weighted by Gasteiger charge is -2.27. The Morgan fingerprint density at radius 1 is 1.21 bits per heavy atom. The Morgan fingerprint density at radius 2 is 1.90 bits per heavy atom. The highest BCUT2D eigenvalue weighted by Crippen LogP contribution is 2.47. The number of fused-ring (bicyclic) bond motifs is 2. The predicted molar refractivity (Wildman–Crippen MR) is 117 cm³/mol. The van der Waals surface area contributed by atoms with Crippen molar-refractivity contribution in [1.29, 1.82) is 0 Å². The van der Waals surface area contributed by atoms with Gasteiger partial charge in [-0.05, 0) is 44.9 Å². The summed E-state index contributed by atoms with van der Waals surface area (Å²) in [7, 11) is -1.18. The quantitative estimate of drug-likeness (QED) is 0.530. The van der Waals surface area contributed by atoms with E-state index in [2.05, 4.69) is 19.6 Å². The number of ether oxygens (including phenoxy) is 2. The van der Waals surface area contributed by atoms with Crippen LogP contribution in [0.15, 0.2) is 24.3 Å². The first-order chi connectivity index (χ1) is 13.4. The number of amides is 2. The van der Waals surface area contributed by atoms with Crippen LogP contribution in [0.25, 0.3) is 0 Å². The molecule has 29 heavy (non-hydrogen) atoms. The fourth-order valence-corrected chi connectivity index (χ4v) is 4.70. The number of carbonyl (C=O) groups is 2. The van der Waals surface area contributed by atoms with E-state index < -0.39 is 19.1 Å². The molecule has 1 aromatic carbocycles. The van der Waals surface area contributed by atoms with Gasteiger partial charge < -0.3 is 14.4 Å². The average molecular weight is 419 g/mol. The van der Waals surface area contributed by atoms with Crippen molar-refractivity contribution in [3.8, 4) is 0 Å². The van der Waals surface area contributed by atoms with Crippen molar-refractivity contribution in [2.45, 2.75) is 63.9 Å². The molecule has 0 aliphatic carbocycles. The third-order valence-corrected chi connectivity index (χ3v) is 7.21. The van der Waals surface area contributed by atoms with Crippen molar-refractivity contribution in [2.24, 2.45) is 0 Å². The monoisotopic (exact) mass is 418 g/mol. The lowest BCUT2D eigenvalue weighted by atomic mass is 9.81. The van der Waals surface area contributed by atoms with Crippen molar-refractivity contribution in [3.63, 3.8) is 0 Å². The normalized spacial score (nSPS) is 21.8. The van der Waals surface area contributed by atoms with Gasteiger partial charge in [0.25, 0.3) is 0 Å². The van der Waals surface area contributed by atoms with Gasteiger partial charge in [0, 0.05) is 27.8 Å². The van der Waals surface area contributed by atoms with E-state index in [0.29, 0.717) is 26.1 Å². The number of para-hydroxylation sites is 1. The van der Waals surface area contributed by atoms with E-state index in [9.17, 15) is 9.59 Å². The first-order valence-corrected chi connectivity index (χ1v) is 14.1. The fourth-order valence-electron chi connectivity index (χ4n) is 3.95. The minimum absolute atomic E-state index is 0.0257. The number of benzene rings is 1. The molecule has 0 radical (unpaired) electrons. The summed E-state index contributed by atoms with van der Waals surface area (Å²) in [6.07, 6.45) is 0.248. The molecule has 1 fully saturated rings. The maximum absolute atomic E-state index is 13.5. The highest BCUT2D eigenvalue weighted by molar-refractivity contribution is 6.76. The number of anilines is 1. The van der Waals surface area contributed by atoms with E-state index in [1.54, 1.807) is 9.80 Å². The van der Waals surface area contributed by atoms with Crippen molar-refractivity contribution in [1.82, 2.24) is 4.90 Å². The van der Waals surface area contributed by atoms with Gasteiger partial charge >= 0.3 is 6.09 Å². The minimum Gasteiger partial charge on any atom is -0.444 e. The molecule has 2 heterocycles. The highest BCUT2D eigenvalue weighted by Gasteiger charge is 2.55. The number of likely N-dealkylation sites (tertiary alicyclic amines) is 1. The van der Waals surface area contributed by atoms with Gasteiger partial charge in [0.05, 0.1) is 11.1 Å². The highest BCUT2D eigenvalue weighted by atomic mass is 28.3. The average Bonchev–Trinajstić information content (AvgIpc) is 3.14. The summed E-state index contributed by atoms with van der Waals surface area (Å²) in [5.41, 5.74) is 0.637. The molecule has 2 aliphatic heterocycles. The van der Waals surface area contributed by atoms with Crippen LogP contribution in [0.1, 0.15) is 32.8 Å². The number of nitrogens with zero attached hydrogens (tertiary/aromatic N) is 2. The summed E-state index contributed by atoms with van der Waals surface area (Å²) in [4.78, 5) is 29.5. The van der Waals surface area contributed by atoms with Gasteiger partial charge in [-0.2, -0.15) is 0 Å². The lowest BCUT2D eigenvalue weighted by Crippen LogP contribution is -2.44. The molecule has 2 amide bonds. The molecule has 1 spiro atoms. The first-order valence-electron chi connectivity index (χ1n) is 10.4. The molecule has 0 bridgehead atoms. The molecule has 1 saturated heterocycles. The minimum atomic E-state index is -1.18. The third-order valence-electron chi connectivity index (χ3n) is 5.50. The summed E-state index contributed by atoms with van der Waals surface area (Å²) in [6.45, 7) is 14.3. The van der Waals surface area contributed by atoms with Crippen LogP contribution >= 0.6 is 0 Å². The molecule has 2 aliphatic rings. The zero-order chi connectivity index (χ0) is 21.4. The van der Waals surface area contributed by atoms with Crippen LogP contribution in [-0.4, -0.2) is 57.0 Å². The maximum Gasteiger partial charge on any atom is 0.410 e. The number of hydrogen-bond donors (Lipinski definition) is 0. The van der Waals surface area contributed by atoms with Crippen LogP contribution in [0.4, 0.5) is 10.5 Å². The molecule has 0 N–H and O–H groups in total. The van der Waals surface area contributed by atoms with Crippen LogP contribution in [0.2, 0.25) is 25.7 Å². The Kier molecular flexibility index (Phi) is 5.84. The second-order valence-electron chi connectivity index (χ2n) is 10.3. The molecule has 0 saturated carbocycles. The zero-order valence-corrected chi connectivity index (χ0v) is 19.6. The molecule has 1 unspecified atom stereocenters. The molecule has 0 aromatic heterocycles. The Balaban J connectivity index is 1.75. The molecule has 3 rings (SSSR count). The predicted octanol–water partition coefficient (Wildman–Crippen LogP) is 4.22.